The second kappa shape index (κ2) is 8.22. The van der Waals surface area contributed by atoms with Gasteiger partial charge in [0.05, 0.1) is 17.3 Å². The van der Waals surface area contributed by atoms with Gasteiger partial charge in [0.25, 0.3) is 5.56 Å². The number of anilines is 1. The van der Waals surface area contributed by atoms with E-state index in [1.54, 1.807) is 35.3 Å². The average Bonchev–Trinajstić information content (AvgIpc) is 2.81. The van der Waals surface area contributed by atoms with Gasteiger partial charge in [0.15, 0.2) is 0 Å². The molecule has 8 heteroatoms. The Balaban J connectivity index is 1.31. The number of hydrogen-bond acceptors (Lipinski definition) is 6. The summed E-state index contributed by atoms with van der Waals surface area (Å²) in [7, 11) is 0. The number of hydrogen-bond donors (Lipinski definition) is 1. The third-order valence-corrected chi connectivity index (χ3v) is 5.78. The molecule has 0 aliphatic heterocycles. The lowest BCUT2D eigenvalue weighted by molar-refractivity contribution is 0.304. The van der Waals surface area contributed by atoms with Gasteiger partial charge in [-0.1, -0.05) is 0 Å². The number of rotatable bonds is 4. The zero-order valence-corrected chi connectivity index (χ0v) is 16.8. The van der Waals surface area contributed by atoms with Gasteiger partial charge in [0.1, 0.15) is 18.0 Å². The molecule has 31 heavy (non-hydrogen) atoms. The predicted octanol–water partition coefficient (Wildman–Crippen LogP) is 3.98. The fraction of sp³-hybridized carbons (Fsp3) is 0.261. The zero-order valence-electron chi connectivity index (χ0n) is 16.8. The molecule has 0 saturated heterocycles. The Morgan fingerprint density at radius 2 is 1.77 bits per heavy atom. The van der Waals surface area contributed by atoms with Crippen molar-refractivity contribution in [2.45, 2.75) is 37.8 Å². The van der Waals surface area contributed by atoms with Crippen LogP contribution in [0.25, 0.3) is 22.2 Å². The predicted molar refractivity (Wildman–Crippen MR) is 116 cm³/mol. The molecule has 7 nitrogen and oxygen atoms in total. The molecule has 1 fully saturated rings. The number of pyridine rings is 1. The molecule has 3 heterocycles. The molecule has 0 unspecified atom stereocenters. The number of fused-ring (bicyclic) bond motifs is 1. The highest BCUT2D eigenvalue weighted by molar-refractivity contribution is 5.88. The Labute approximate surface area is 178 Å². The highest BCUT2D eigenvalue weighted by atomic mass is 19.1. The molecule has 0 atom stereocenters. The summed E-state index contributed by atoms with van der Waals surface area (Å²) in [5.74, 6) is 0.330. The van der Waals surface area contributed by atoms with E-state index >= 15 is 0 Å². The Hall–Kier alpha value is -3.68. The van der Waals surface area contributed by atoms with Crippen LogP contribution in [0.4, 0.5) is 10.2 Å². The third kappa shape index (κ3) is 4.01. The van der Waals surface area contributed by atoms with Gasteiger partial charge in [-0.25, -0.2) is 19.0 Å². The van der Waals surface area contributed by atoms with Crippen molar-refractivity contribution in [2.75, 3.05) is 5.32 Å². The topological polar surface area (TPSA) is 85.6 Å². The summed E-state index contributed by atoms with van der Waals surface area (Å²) in [5, 5.41) is 8.74. The van der Waals surface area contributed by atoms with E-state index in [1.807, 2.05) is 12.1 Å². The van der Waals surface area contributed by atoms with Crippen molar-refractivity contribution in [1.29, 1.82) is 0 Å². The van der Waals surface area contributed by atoms with Gasteiger partial charge < -0.3 is 5.32 Å². The molecule has 0 radical (unpaired) electrons. The van der Waals surface area contributed by atoms with Crippen LogP contribution in [-0.4, -0.2) is 30.8 Å². The van der Waals surface area contributed by atoms with E-state index < -0.39 is 0 Å². The minimum Gasteiger partial charge on any atom is -0.367 e. The standard InChI is InChI=1S/C23H21FN6O/c24-16-1-6-21-19(13-16)23(27-14-26-21)28-17-2-4-18(5-3-17)30-22(31)8-7-20(29-30)15-9-11-25-12-10-15/h1,6-14,17-18H,2-5H2,(H,26,27,28). The Morgan fingerprint density at radius 3 is 2.58 bits per heavy atom. The van der Waals surface area contributed by atoms with Gasteiger partial charge in [-0.3, -0.25) is 9.78 Å². The first kappa shape index (κ1) is 19.3. The number of benzene rings is 1. The van der Waals surface area contributed by atoms with Crippen LogP contribution < -0.4 is 10.9 Å². The molecule has 1 saturated carbocycles. The monoisotopic (exact) mass is 416 g/mol. The van der Waals surface area contributed by atoms with Crippen molar-refractivity contribution in [1.82, 2.24) is 24.7 Å². The van der Waals surface area contributed by atoms with Crippen LogP contribution in [0.5, 0.6) is 0 Å². The minimum atomic E-state index is -0.311. The molecular formula is C23H21FN6O. The van der Waals surface area contributed by atoms with Crippen molar-refractivity contribution in [2.24, 2.45) is 0 Å². The summed E-state index contributed by atoms with van der Waals surface area (Å²) in [4.78, 5) is 25.0. The Kier molecular flexibility index (Phi) is 5.11. The first-order valence-electron chi connectivity index (χ1n) is 10.3. The molecule has 4 aromatic rings. The lowest BCUT2D eigenvalue weighted by atomic mass is 9.91. The fourth-order valence-corrected chi connectivity index (χ4v) is 4.17. The van der Waals surface area contributed by atoms with Crippen LogP contribution in [0.3, 0.4) is 0 Å². The molecule has 1 aromatic carbocycles. The third-order valence-electron chi connectivity index (χ3n) is 5.78. The van der Waals surface area contributed by atoms with E-state index in [1.165, 1.54) is 18.5 Å². The summed E-state index contributed by atoms with van der Waals surface area (Å²) in [6.45, 7) is 0. The quantitative estimate of drug-likeness (QED) is 0.542. The largest absolute Gasteiger partial charge is 0.367 e. The van der Waals surface area contributed by atoms with Gasteiger partial charge in [0, 0.05) is 35.5 Å². The summed E-state index contributed by atoms with van der Waals surface area (Å²) < 4.78 is 15.3. The fourth-order valence-electron chi connectivity index (χ4n) is 4.17. The molecule has 156 valence electrons. The van der Waals surface area contributed by atoms with E-state index in [2.05, 4.69) is 25.4 Å². The van der Waals surface area contributed by atoms with Crippen LogP contribution in [0.15, 0.2) is 66.0 Å². The van der Waals surface area contributed by atoms with Crippen LogP contribution in [-0.2, 0) is 0 Å². The minimum absolute atomic E-state index is 0.0481. The molecule has 1 N–H and O–H groups in total. The Bertz CT molecular complexity index is 1270. The maximum absolute atomic E-state index is 13.7. The molecular weight excluding hydrogens is 395 g/mol. The van der Waals surface area contributed by atoms with Gasteiger partial charge >= 0.3 is 0 Å². The number of nitrogens with zero attached hydrogens (tertiary/aromatic N) is 5. The van der Waals surface area contributed by atoms with Crippen LogP contribution in [0.2, 0.25) is 0 Å². The SMILES string of the molecule is O=c1ccc(-c2ccncc2)nn1C1CCC(Nc2ncnc3ccc(F)cc23)CC1. The first-order chi connectivity index (χ1) is 15.2. The van der Waals surface area contributed by atoms with E-state index in [0.29, 0.717) is 16.7 Å². The molecule has 0 amide bonds. The smallest absolute Gasteiger partial charge is 0.267 e. The normalized spacial score (nSPS) is 18.7. The van der Waals surface area contributed by atoms with Gasteiger partial charge in [-0.05, 0) is 62.1 Å². The second-order valence-corrected chi connectivity index (χ2v) is 7.77. The molecule has 0 spiro atoms. The maximum atomic E-state index is 13.7. The Morgan fingerprint density at radius 1 is 0.968 bits per heavy atom. The van der Waals surface area contributed by atoms with Crippen molar-refractivity contribution in [3.8, 4) is 11.3 Å². The van der Waals surface area contributed by atoms with Gasteiger partial charge in [0.2, 0.25) is 0 Å². The molecule has 3 aromatic heterocycles. The lowest BCUT2D eigenvalue weighted by Crippen LogP contribution is -2.33. The summed E-state index contributed by atoms with van der Waals surface area (Å²) in [6.07, 6.45) is 8.28. The van der Waals surface area contributed by atoms with Crippen LogP contribution in [0, 0.1) is 5.82 Å². The molecule has 1 aliphatic carbocycles. The number of aromatic nitrogens is 5. The lowest BCUT2D eigenvalue weighted by Gasteiger charge is -2.30. The number of nitrogens with one attached hydrogen (secondary N) is 1. The average molecular weight is 416 g/mol. The molecule has 1 aliphatic rings. The molecule has 0 bridgehead atoms. The zero-order chi connectivity index (χ0) is 21.2. The first-order valence-corrected chi connectivity index (χ1v) is 10.3. The van der Waals surface area contributed by atoms with Crippen LogP contribution >= 0.6 is 0 Å². The van der Waals surface area contributed by atoms with E-state index in [4.69, 9.17) is 0 Å². The second-order valence-electron chi connectivity index (χ2n) is 7.77. The van der Waals surface area contributed by atoms with Crippen molar-refractivity contribution >= 4 is 16.7 Å². The van der Waals surface area contributed by atoms with Crippen molar-refractivity contribution < 1.29 is 4.39 Å². The highest BCUT2D eigenvalue weighted by Gasteiger charge is 2.24. The van der Waals surface area contributed by atoms with E-state index in [0.717, 1.165) is 36.9 Å². The van der Waals surface area contributed by atoms with Crippen molar-refractivity contribution in [3.05, 3.63) is 77.4 Å². The number of halogens is 1. The summed E-state index contributed by atoms with van der Waals surface area (Å²) in [6, 6.07) is 11.8. The van der Waals surface area contributed by atoms with E-state index in [-0.39, 0.29) is 23.5 Å². The van der Waals surface area contributed by atoms with E-state index in [9.17, 15) is 9.18 Å². The van der Waals surface area contributed by atoms with Crippen LogP contribution in [0.1, 0.15) is 31.7 Å². The summed E-state index contributed by atoms with van der Waals surface area (Å²) >= 11 is 0. The van der Waals surface area contributed by atoms with Gasteiger partial charge in [-0.15, -0.1) is 0 Å². The highest BCUT2D eigenvalue weighted by Crippen LogP contribution is 2.30. The maximum Gasteiger partial charge on any atom is 0.267 e. The van der Waals surface area contributed by atoms with Crippen molar-refractivity contribution in [3.63, 3.8) is 0 Å². The van der Waals surface area contributed by atoms with Gasteiger partial charge in [-0.2, -0.15) is 5.10 Å². The summed E-state index contributed by atoms with van der Waals surface area (Å²) in [5.41, 5.74) is 2.31. The molecule has 5 rings (SSSR count).